The van der Waals surface area contributed by atoms with E-state index in [1.165, 1.54) is 11.1 Å². The van der Waals surface area contributed by atoms with Crippen molar-refractivity contribution in [3.63, 3.8) is 0 Å². The minimum Gasteiger partial charge on any atom is -0.334 e. The summed E-state index contributed by atoms with van der Waals surface area (Å²) < 4.78 is 0.557. The Hall–Kier alpha value is -1.22. The van der Waals surface area contributed by atoms with Crippen molar-refractivity contribution in [2.45, 2.75) is 20.8 Å². The second kappa shape index (κ2) is 3.17. The lowest BCUT2D eigenvalue weighted by Gasteiger charge is -2.05. The summed E-state index contributed by atoms with van der Waals surface area (Å²) in [5.41, 5.74) is 4.54. The highest BCUT2D eigenvalue weighted by molar-refractivity contribution is 7.71. The lowest BCUT2D eigenvalue weighted by molar-refractivity contribution is 1.11. The minimum absolute atomic E-state index is 0.557. The first-order valence-corrected chi connectivity index (χ1v) is 4.96. The molecule has 2 rings (SSSR count). The molecule has 0 radical (unpaired) electrons. The van der Waals surface area contributed by atoms with Crippen LogP contribution in [0.3, 0.4) is 0 Å². The number of fused-ring (bicyclic) bond motifs is 1. The first-order chi connectivity index (χ1) is 6.58. The smallest absolute Gasteiger partial charge is 0.197 e. The number of hydrogen-bond acceptors (Lipinski definition) is 2. The Labute approximate surface area is 88.0 Å². The van der Waals surface area contributed by atoms with Crippen LogP contribution in [0.4, 0.5) is 0 Å². The van der Waals surface area contributed by atoms with Crippen molar-refractivity contribution in [2.75, 3.05) is 0 Å². The maximum absolute atomic E-state index is 5.05. The normalized spacial score (nSPS) is 10.8. The van der Waals surface area contributed by atoms with Crippen molar-refractivity contribution in [3.05, 3.63) is 33.7 Å². The summed E-state index contributed by atoms with van der Waals surface area (Å²) in [6.45, 7) is 6.18. The van der Waals surface area contributed by atoms with Crippen LogP contribution in [0.15, 0.2) is 12.1 Å². The standard InChI is InChI=1S/C11H12N2S/c1-6-4-7(2)10-9(5-6)8(3)12-11(14)13-10/h4-5H,1-3H3,(H,12,13,14). The van der Waals surface area contributed by atoms with Gasteiger partial charge in [0.05, 0.1) is 5.52 Å². The molecule has 0 atom stereocenters. The van der Waals surface area contributed by atoms with Gasteiger partial charge in [0.15, 0.2) is 4.77 Å². The molecule has 1 N–H and O–H groups in total. The minimum atomic E-state index is 0.557. The van der Waals surface area contributed by atoms with Gasteiger partial charge < -0.3 is 4.98 Å². The quantitative estimate of drug-likeness (QED) is 0.667. The molecule has 72 valence electrons. The Morgan fingerprint density at radius 3 is 2.64 bits per heavy atom. The van der Waals surface area contributed by atoms with Crippen LogP contribution in [-0.4, -0.2) is 9.97 Å². The van der Waals surface area contributed by atoms with Gasteiger partial charge in [-0.3, -0.25) is 0 Å². The van der Waals surface area contributed by atoms with Crippen molar-refractivity contribution in [2.24, 2.45) is 0 Å². The Morgan fingerprint density at radius 1 is 1.21 bits per heavy atom. The highest BCUT2D eigenvalue weighted by Crippen LogP contribution is 2.20. The van der Waals surface area contributed by atoms with Gasteiger partial charge in [-0.05, 0) is 44.6 Å². The molecule has 0 aliphatic heterocycles. The number of hydrogen-bond donors (Lipinski definition) is 1. The van der Waals surface area contributed by atoms with Gasteiger partial charge in [0.1, 0.15) is 0 Å². The summed E-state index contributed by atoms with van der Waals surface area (Å²) in [5.74, 6) is 0. The van der Waals surface area contributed by atoms with Gasteiger partial charge in [0.2, 0.25) is 0 Å². The molecular formula is C11H12N2S. The molecule has 0 saturated carbocycles. The molecule has 0 aliphatic rings. The maximum atomic E-state index is 5.05. The summed E-state index contributed by atoms with van der Waals surface area (Å²) in [6, 6.07) is 4.26. The van der Waals surface area contributed by atoms with Crippen LogP contribution in [0.5, 0.6) is 0 Å². The number of aromatic amines is 1. The number of nitrogens with zero attached hydrogens (tertiary/aromatic N) is 1. The van der Waals surface area contributed by atoms with Crippen LogP contribution < -0.4 is 0 Å². The lowest BCUT2D eigenvalue weighted by atomic mass is 10.1. The van der Waals surface area contributed by atoms with Crippen molar-refractivity contribution in [3.8, 4) is 0 Å². The third-order valence-corrected chi connectivity index (χ3v) is 2.55. The van der Waals surface area contributed by atoms with E-state index in [9.17, 15) is 0 Å². The van der Waals surface area contributed by atoms with E-state index < -0.39 is 0 Å². The second-order valence-corrected chi connectivity index (χ2v) is 4.03. The molecule has 14 heavy (non-hydrogen) atoms. The van der Waals surface area contributed by atoms with E-state index in [0.717, 1.165) is 16.6 Å². The molecule has 1 aromatic heterocycles. The predicted octanol–water partition coefficient (Wildman–Crippen LogP) is 3.22. The first-order valence-electron chi connectivity index (χ1n) is 4.56. The van der Waals surface area contributed by atoms with E-state index in [1.807, 2.05) is 6.92 Å². The molecule has 1 heterocycles. The van der Waals surface area contributed by atoms with Crippen LogP contribution in [0.2, 0.25) is 0 Å². The van der Waals surface area contributed by atoms with Crippen LogP contribution in [0, 0.1) is 25.5 Å². The van der Waals surface area contributed by atoms with Crippen LogP contribution in [0.1, 0.15) is 16.8 Å². The van der Waals surface area contributed by atoms with Gasteiger partial charge in [-0.15, -0.1) is 0 Å². The zero-order valence-corrected chi connectivity index (χ0v) is 9.33. The summed E-state index contributed by atoms with van der Waals surface area (Å²) >= 11 is 5.05. The summed E-state index contributed by atoms with van der Waals surface area (Å²) in [5, 5.41) is 1.16. The van der Waals surface area contributed by atoms with Crippen LogP contribution in [-0.2, 0) is 0 Å². The molecule has 0 bridgehead atoms. The summed E-state index contributed by atoms with van der Waals surface area (Å²) in [4.78, 5) is 7.41. The Kier molecular flexibility index (Phi) is 2.11. The Balaban J connectivity index is 3.01. The van der Waals surface area contributed by atoms with Gasteiger partial charge in [-0.2, -0.15) is 0 Å². The predicted molar refractivity (Wildman–Crippen MR) is 61.1 cm³/mol. The van der Waals surface area contributed by atoms with Crippen molar-refractivity contribution in [1.82, 2.24) is 9.97 Å². The van der Waals surface area contributed by atoms with Gasteiger partial charge in [0, 0.05) is 11.1 Å². The van der Waals surface area contributed by atoms with E-state index in [0.29, 0.717) is 4.77 Å². The molecule has 0 aliphatic carbocycles. The number of nitrogens with one attached hydrogen (secondary N) is 1. The monoisotopic (exact) mass is 204 g/mol. The fourth-order valence-corrected chi connectivity index (χ4v) is 2.00. The number of benzene rings is 1. The summed E-state index contributed by atoms with van der Waals surface area (Å²) in [7, 11) is 0. The van der Waals surface area contributed by atoms with E-state index >= 15 is 0 Å². The molecular weight excluding hydrogens is 192 g/mol. The van der Waals surface area contributed by atoms with Crippen molar-refractivity contribution >= 4 is 23.1 Å². The van der Waals surface area contributed by atoms with Crippen molar-refractivity contribution in [1.29, 1.82) is 0 Å². The fraction of sp³-hybridized carbons (Fsp3) is 0.273. The molecule has 1 aromatic carbocycles. The maximum Gasteiger partial charge on any atom is 0.197 e. The van der Waals surface area contributed by atoms with E-state index in [-0.39, 0.29) is 0 Å². The van der Waals surface area contributed by atoms with Gasteiger partial charge in [-0.1, -0.05) is 11.6 Å². The SMILES string of the molecule is Cc1cc(C)c2nc(=S)[nH]c(C)c2c1. The number of H-pyrrole nitrogens is 1. The zero-order chi connectivity index (χ0) is 10.3. The highest BCUT2D eigenvalue weighted by Gasteiger charge is 2.03. The number of rotatable bonds is 0. The van der Waals surface area contributed by atoms with Crippen molar-refractivity contribution < 1.29 is 0 Å². The molecule has 0 fully saturated rings. The van der Waals surface area contributed by atoms with Gasteiger partial charge in [-0.25, -0.2) is 4.98 Å². The van der Waals surface area contributed by atoms with Crippen LogP contribution in [0.25, 0.3) is 10.9 Å². The lowest BCUT2D eigenvalue weighted by Crippen LogP contribution is -1.92. The molecule has 0 amide bonds. The Bertz CT molecular complexity index is 555. The molecule has 2 nitrogen and oxygen atoms in total. The summed E-state index contributed by atoms with van der Waals surface area (Å²) in [6.07, 6.45) is 0. The topological polar surface area (TPSA) is 28.7 Å². The highest BCUT2D eigenvalue weighted by atomic mass is 32.1. The van der Waals surface area contributed by atoms with Gasteiger partial charge in [0.25, 0.3) is 0 Å². The molecule has 3 heteroatoms. The van der Waals surface area contributed by atoms with E-state index in [4.69, 9.17) is 12.2 Å². The molecule has 0 spiro atoms. The average molecular weight is 204 g/mol. The number of aromatic nitrogens is 2. The average Bonchev–Trinajstić information content (AvgIpc) is 2.07. The van der Waals surface area contributed by atoms with E-state index in [1.54, 1.807) is 0 Å². The zero-order valence-electron chi connectivity index (χ0n) is 8.51. The second-order valence-electron chi connectivity index (χ2n) is 3.64. The molecule has 0 saturated heterocycles. The first kappa shape index (κ1) is 9.34. The third-order valence-electron chi connectivity index (χ3n) is 2.36. The fourth-order valence-electron chi connectivity index (χ4n) is 1.75. The van der Waals surface area contributed by atoms with Gasteiger partial charge >= 0.3 is 0 Å². The third kappa shape index (κ3) is 1.44. The molecule has 0 unspecified atom stereocenters. The van der Waals surface area contributed by atoms with E-state index in [2.05, 4.69) is 35.9 Å². The molecule has 2 aromatic rings. The number of aryl methyl sites for hydroxylation is 3. The van der Waals surface area contributed by atoms with Crippen LogP contribution >= 0.6 is 12.2 Å². The Morgan fingerprint density at radius 2 is 1.93 bits per heavy atom. The largest absolute Gasteiger partial charge is 0.334 e.